The lowest BCUT2D eigenvalue weighted by Gasteiger charge is -2.58. The fraction of sp³-hybridized carbons (Fsp3) is 0.647. The molecule has 21 heavy (non-hydrogen) atoms. The number of halogens is 2. The summed E-state index contributed by atoms with van der Waals surface area (Å²) in [6.45, 7) is 2.89. The van der Waals surface area contributed by atoms with Crippen molar-refractivity contribution < 1.29 is 4.74 Å². The molecule has 1 aromatic carbocycles. The Bertz CT molecular complexity index is 500. The van der Waals surface area contributed by atoms with Gasteiger partial charge in [0.05, 0.1) is 16.8 Å². The van der Waals surface area contributed by atoms with Crippen molar-refractivity contribution in [3.63, 3.8) is 0 Å². The molecule has 1 aromatic rings. The van der Waals surface area contributed by atoms with Gasteiger partial charge in [-0.05, 0) is 44.4 Å². The van der Waals surface area contributed by atoms with Gasteiger partial charge in [-0.2, -0.15) is 0 Å². The second-order valence-electron chi connectivity index (χ2n) is 6.29. The molecular weight excluding hydrogens is 305 g/mol. The predicted octanol–water partition coefficient (Wildman–Crippen LogP) is 5.53. The van der Waals surface area contributed by atoms with Gasteiger partial charge in [0, 0.05) is 23.1 Å². The first-order valence-corrected chi connectivity index (χ1v) is 8.74. The Labute approximate surface area is 137 Å². The molecule has 0 bridgehead atoms. The Hall–Kier alpha value is -0.440. The molecular formula is C17H23Cl2NO. The molecule has 2 fully saturated rings. The maximum Gasteiger partial charge on any atom is 0.0670 e. The molecule has 1 N–H and O–H groups in total. The van der Waals surface area contributed by atoms with E-state index in [0.717, 1.165) is 28.8 Å². The second kappa shape index (κ2) is 6.36. The molecule has 2 aliphatic carbocycles. The summed E-state index contributed by atoms with van der Waals surface area (Å²) in [5.41, 5.74) is 1.24. The number of ether oxygens (including phenoxy) is 1. The Morgan fingerprint density at radius 1 is 1.24 bits per heavy atom. The smallest absolute Gasteiger partial charge is 0.0670 e. The largest absolute Gasteiger partial charge is 0.380 e. The number of nitrogens with one attached hydrogen (secondary N) is 1. The van der Waals surface area contributed by atoms with Gasteiger partial charge in [0.25, 0.3) is 0 Å². The summed E-state index contributed by atoms with van der Waals surface area (Å²) in [7, 11) is 0. The fourth-order valence-corrected chi connectivity index (χ4v) is 4.41. The van der Waals surface area contributed by atoms with Gasteiger partial charge in [-0.15, -0.1) is 0 Å². The van der Waals surface area contributed by atoms with Crippen molar-refractivity contribution in [3.8, 4) is 0 Å². The lowest BCUT2D eigenvalue weighted by molar-refractivity contribution is -0.134. The van der Waals surface area contributed by atoms with Crippen LogP contribution in [-0.2, 0) is 4.74 Å². The summed E-state index contributed by atoms with van der Waals surface area (Å²) in [6, 6.07) is 6.06. The van der Waals surface area contributed by atoms with Gasteiger partial charge in [0.15, 0.2) is 0 Å². The van der Waals surface area contributed by atoms with Gasteiger partial charge < -0.3 is 10.1 Å². The van der Waals surface area contributed by atoms with Gasteiger partial charge in [-0.3, -0.25) is 0 Å². The Balaban J connectivity index is 1.77. The first kappa shape index (κ1) is 15.5. The van der Waals surface area contributed by atoms with Crippen LogP contribution in [0.3, 0.4) is 0 Å². The number of benzene rings is 1. The summed E-state index contributed by atoms with van der Waals surface area (Å²) >= 11 is 12.4. The van der Waals surface area contributed by atoms with E-state index in [0.29, 0.717) is 17.6 Å². The van der Waals surface area contributed by atoms with Crippen LogP contribution in [0.4, 0.5) is 5.69 Å². The molecule has 4 heteroatoms. The molecule has 2 unspecified atom stereocenters. The highest BCUT2D eigenvalue weighted by Crippen LogP contribution is 2.54. The predicted molar refractivity (Wildman–Crippen MR) is 89.4 cm³/mol. The minimum atomic E-state index is 0.292. The summed E-state index contributed by atoms with van der Waals surface area (Å²) in [4.78, 5) is 0. The molecule has 0 heterocycles. The van der Waals surface area contributed by atoms with Crippen molar-refractivity contribution >= 4 is 28.9 Å². The van der Waals surface area contributed by atoms with Gasteiger partial charge in [0.2, 0.25) is 0 Å². The standard InChI is InChI=1S/C17H23Cl2NO/c1-2-21-16-11-15(17(16)8-4-3-5-9-17)20-14-10-12(18)6-7-13(14)19/h6-7,10,15-16,20H,2-5,8-9,11H2,1H3. The zero-order valence-corrected chi connectivity index (χ0v) is 14.0. The van der Waals surface area contributed by atoms with E-state index >= 15 is 0 Å². The summed E-state index contributed by atoms with van der Waals surface area (Å²) in [6.07, 6.45) is 7.96. The molecule has 2 aliphatic rings. The fourth-order valence-electron chi connectivity index (χ4n) is 4.06. The number of rotatable bonds is 4. The van der Waals surface area contributed by atoms with Crippen molar-refractivity contribution in [1.82, 2.24) is 0 Å². The van der Waals surface area contributed by atoms with Crippen LogP contribution in [0.15, 0.2) is 18.2 Å². The van der Waals surface area contributed by atoms with E-state index < -0.39 is 0 Å². The average Bonchev–Trinajstić information content (AvgIpc) is 2.50. The van der Waals surface area contributed by atoms with Gasteiger partial charge in [-0.1, -0.05) is 42.5 Å². The second-order valence-corrected chi connectivity index (χ2v) is 7.14. The minimum absolute atomic E-state index is 0.292. The van der Waals surface area contributed by atoms with Crippen LogP contribution in [-0.4, -0.2) is 18.8 Å². The zero-order chi connectivity index (χ0) is 14.9. The summed E-state index contributed by atoms with van der Waals surface area (Å²) < 4.78 is 5.99. The third kappa shape index (κ3) is 2.91. The molecule has 3 rings (SSSR count). The molecule has 0 aromatic heterocycles. The van der Waals surface area contributed by atoms with Crippen molar-refractivity contribution in [3.05, 3.63) is 28.2 Å². The van der Waals surface area contributed by atoms with Crippen LogP contribution in [0, 0.1) is 5.41 Å². The van der Waals surface area contributed by atoms with Crippen LogP contribution < -0.4 is 5.32 Å². The molecule has 1 spiro atoms. The molecule has 116 valence electrons. The van der Waals surface area contributed by atoms with E-state index in [4.69, 9.17) is 27.9 Å². The third-order valence-corrected chi connectivity index (χ3v) is 5.76. The SMILES string of the molecule is CCOC1CC(Nc2cc(Cl)ccc2Cl)C12CCCCC2. The molecule has 0 radical (unpaired) electrons. The minimum Gasteiger partial charge on any atom is -0.380 e. The number of hydrogen-bond acceptors (Lipinski definition) is 2. The van der Waals surface area contributed by atoms with Gasteiger partial charge in [-0.25, -0.2) is 0 Å². The quantitative estimate of drug-likeness (QED) is 0.784. The highest BCUT2D eigenvalue weighted by molar-refractivity contribution is 6.35. The van der Waals surface area contributed by atoms with Crippen LogP contribution in [0.25, 0.3) is 0 Å². The highest BCUT2D eigenvalue weighted by Gasteiger charge is 2.55. The van der Waals surface area contributed by atoms with Gasteiger partial charge >= 0.3 is 0 Å². The lowest BCUT2D eigenvalue weighted by Crippen LogP contribution is -2.62. The molecule has 0 saturated heterocycles. The van der Waals surface area contributed by atoms with E-state index in [1.54, 1.807) is 0 Å². The lowest BCUT2D eigenvalue weighted by atomic mass is 9.55. The van der Waals surface area contributed by atoms with Gasteiger partial charge in [0.1, 0.15) is 0 Å². The normalized spacial score (nSPS) is 27.4. The van der Waals surface area contributed by atoms with E-state index in [9.17, 15) is 0 Å². The first-order valence-electron chi connectivity index (χ1n) is 7.99. The Kier molecular flexibility index (Phi) is 4.68. The number of anilines is 1. The Morgan fingerprint density at radius 2 is 2.00 bits per heavy atom. The monoisotopic (exact) mass is 327 g/mol. The molecule has 0 aliphatic heterocycles. The third-order valence-electron chi connectivity index (χ3n) is 5.20. The number of hydrogen-bond donors (Lipinski definition) is 1. The zero-order valence-electron chi connectivity index (χ0n) is 12.5. The average molecular weight is 328 g/mol. The molecule has 0 amide bonds. The van der Waals surface area contributed by atoms with Crippen LogP contribution in [0.2, 0.25) is 10.0 Å². The van der Waals surface area contributed by atoms with Crippen molar-refractivity contribution in [1.29, 1.82) is 0 Å². The first-order chi connectivity index (χ1) is 10.2. The highest BCUT2D eigenvalue weighted by atomic mass is 35.5. The van der Waals surface area contributed by atoms with Crippen LogP contribution in [0.5, 0.6) is 0 Å². The van der Waals surface area contributed by atoms with E-state index in [1.165, 1.54) is 32.1 Å². The van der Waals surface area contributed by atoms with E-state index in [2.05, 4.69) is 12.2 Å². The molecule has 2 saturated carbocycles. The molecule has 2 nitrogen and oxygen atoms in total. The van der Waals surface area contributed by atoms with Crippen molar-refractivity contribution in [2.45, 2.75) is 57.6 Å². The van der Waals surface area contributed by atoms with E-state index in [-0.39, 0.29) is 0 Å². The topological polar surface area (TPSA) is 21.3 Å². The van der Waals surface area contributed by atoms with E-state index in [1.807, 2.05) is 18.2 Å². The van der Waals surface area contributed by atoms with Crippen LogP contribution in [0.1, 0.15) is 45.4 Å². The maximum atomic E-state index is 6.29. The molecule has 2 atom stereocenters. The van der Waals surface area contributed by atoms with Crippen molar-refractivity contribution in [2.75, 3.05) is 11.9 Å². The summed E-state index contributed by atoms with van der Waals surface area (Å²) in [5.74, 6) is 0. The maximum absolute atomic E-state index is 6.29. The van der Waals surface area contributed by atoms with Crippen molar-refractivity contribution in [2.24, 2.45) is 5.41 Å². The summed E-state index contributed by atoms with van der Waals surface area (Å²) in [5, 5.41) is 5.10. The van der Waals surface area contributed by atoms with Crippen LogP contribution >= 0.6 is 23.2 Å². The Morgan fingerprint density at radius 3 is 2.71 bits per heavy atom.